The van der Waals surface area contributed by atoms with Crippen LogP contribution in [0.3, 0.4) is 0 Å². The van der Waals surface area contributed by atoms with Gasteiger partial charge in [0.25, 0.3) is 0 Å². The summed E-state index contributed by atoms with van der Waals surface area (Å²) in [6, 6.07) is 0. The Morgan fingerprint density at radius 2 is 1.07 bits per heavy atom. The second-order valence-corrected chi connectivity index (χ2v) is 3.67. The van der Waals surface area contributed by atoms with Crippen LogP contribution in [-0.2, 0) is 0 Å². The third-order valence-electron chi connectivity index (χ3n) is 1.94. The number of nitrogens with zero attached hydrogens (tertiary/aromatic N) is 2. The Bertz CT molecular complexity index is 84.3. The van der Waals surface area contributed by atoms with Gasteiger partial charge in [0.15, 0.2) is 0 Å². The smallest absolute Gasteiger partial charge is 0.0106 e. The fourth-order valence-corrected chi connectivity index (χ4v) is 1.18. The van der Waals surface area contributed by atoms with Gasteiger partial charge in [-0.2, -0.15) is 0 Å². The molecular formula is C12H30N2. The van der Waals surface area contributed by atoms with Crippen molar-refractivity contribution in [1.82, 2.24) is 9.80 Å². The molecule has 0 aromatic heterocycles. The molecule has 1 saturated heterocycles. The summed E-state index contributed by atoms with van der Waals surface area (Å²) in [4.78, 5) is 4.78. The lowest BCUT2D eigenvalue weighted by molar-refractivity contribution is 0.320. The molecule has 1 aliphatic rings. The van der Waals surface area contributed by atoms with Gasteiger partial charge in [0.05, 0.1) is 0 Å². The second-order valence-electron chi connectivity index (χ2n) is 3.67. The van der Waals surface area contributed by atoms with E-state index in [1.807, 2.05) is 13.8 Å². The summed E-state index contributed by atoms with van der Waals surface area (Å²) in [6.45, 7) is 13.3. The average molecular weight is 202 g/mol. The van der Waals surface area contributed by atoms with Crippen molar-refractivity contribution in [1.29, 1.82) is 0 Å². The molecule has 0 aromatic carbocycles. The van der Waals surface area contributed by atoms with E-state index in [4.69, 9.17) is 0 Å². The fraction of sp³-hybridized carbons (Fsp3) is 1.00. The fourth-order valence-electron chi connectivity index (χ4n) is 1.18. The molecule has 0 unspecified atom stereocenters. The maximum atomic E-state index is 2.39. The van der Waals surface area contributed by atoms with Crippen molar-refractivity contribution < 1.29 is 0 Å². The van der Waals surface area contributed by atoms with E-state index in [0.29, 0.717) is 0 Å². The lowest BCUT2D eigenvalue weighted by Gasteiger charge is -2.13. The molecule has 14 heavy (non-hydrogen) atoms. The topological polar surface area (TPSA) is 6.48 Å². The summed E-state index contributed by atoms with van der Waals surface area (Å²) in [5.74, 6) is 0. The van der Waals surface area contributed by atoms with Crippen molar-refractivity contribution in [3.8, 4) is 0 Å². The van der Waals surface area contributed by atoms with Crippen molar-refractivity contribution in [3.05, 3.63) is 0 Å². The van der Waals surface area contributed by atoms with Gasteiger partial charge in [-0.1, -0.05) is 34.1 Å². The van der Waals surface area contributed by atoms with Crippen LogP contribution in [0.5, 0.6) is 0 Å². The molecule has 0 amide bonds. The summed E-state index contributed by atoms with van der Waals surface area (Å²) >= 11 is 0. The predicted molar refractivity (Wildman–Crippen MR) is 66.9 cm³/mol. The first-order valence-corrected chi connectivity index (χ1v) is 6.07. The second kappa shape index (κ2) is 12.9. The molecule has 0 radical (unpaired) electrons. The summed E-state index contributed by atoms with van der Waals surface area (Å²) in [5, 5.41) is 0. The van der Waals surface area contributed by atoms with Gasteiger partial charge in [-0.3, -0.25) is 0 Å². The van der Waals surface area contributed by atoms with Gasteiger partial charge in [0, 0.05) is 13.1 Å². The quantitative estimate of drug-likeness (QED) is 0.596. The summed E-state index contributed by atoms with van der Waals surface area (Å²) in [5.41, 5.74) is 0. The van der Waals surface area contributed by atoms with Crippen molar-refractivity contribution in [2.75, 3.05) is 40.3 Å². The van der Waals surface area contributed by atoms with E-state index in [0.717, 1.165) is 0 Å². The molecule has 0 aromatic rings. The molecule has 1 heterocycles. The SMILES string of the molecule is CC.CCC.CN1CCCN(C)CC1. The number of hydrogen-bond donors (Lipinski definition) is 0. The van der Waals surface area contributed by atoms with Crippen LogP contribution >= 0.6 is 0 Å². The molecule has 1 fully saturated rings. The van der Waals surface area contributed by atoms with Gasteiger partial charge < -0.3 is 9.80 Å². The van der Waals surface area contributed by atoms with Gasteiger partial charge in [-0.15, -0.1) is 0 Å². The Kier molecular flexibility index (Phi) is 15.1. The lowest BCUT2D eigenvalue weighted by atomic mass is 10.4. The van der Waals surface area contributed by atoms with E-state index in [-0.39, 0.29) is 0 Å². The van der Waals surface area contributed by atoms with Crippen LogP contribution in [0.2, 0.25) is 0 Å². The van der Waals surface area contributed by atoms with Gasteiger partial charge in [-0.05, 0) is 33.6 Å². The molecule has 0 atom stereocenters. The first-order valence-electron chi connectivity index (χ1n) is 6.07. The normalized spacial score (nSPS) is 18.4. The van der Waals surface area contributed by atoms with Crippen molar-refractivity contribution >= 4 is 0 Å². The first-order chi connectivity index (χ1) is 6.70. The van der Waals surface area contributed by atoms with Crippen LogP contribution in [-0.4, -0.2) is 50.1 Å². The Balaban J connectivity index is 0. The maximum absolute atomic E-state index is 2.39. The Morgan fingerprint density at radius 3 is 1.36 bits per heavy atom. The zero-order chi connectivity index (χ0) is 11.4. The lowest BCUT2D eigenvalue weighted by Crippen LogP contribution is -2.25. The molecule has 0 bridgehead atoms. The van der Waals surface area contributed by atoms with Gasteiger partial charge >= 0.3 is 0 Å². The van der Waals surface area contributed by atoms with Crippen LogP contribution in [0.15, 0.2) is 0 Å². The molecule has 1 aliphatic heterocycles. The third-order valence-corrected chi connectivity index (χ3v) is 1.94. The Hall–Kier alpha value is -0.0800. The molecule has 2 heteroatoms. The monoisotopic (exact) mass is 202 g/mol. The van der Waals surface area contributed by atoms with Crippen LogP contribution in [0.25, 0.3) is 0 Å². The Labute approximate surface area is 91.3 Å². The molecule has 1 rings (SSSR count). The standard InChI is InChI=1S/C7H16N2.C3H8.C2H6/c1-8-4-3-5-9(2)7-6-8;1-3-2;1-2/h3-7H2,1-2H3;3H2,1-2H3;1-2H3. The summed E-state index contributed by atoms with van der Waals surface area (Å²) < 4.78 is 0. The van der Waals surface area contributed by atoms with E-state index in [1.54, 1.807) is 0 Å². The summed E-state index contributed by atoms with van der Waals surface area (Å²) in [7, 11) is 4.39. The minimum Gasteiger partial charge on any atom is -0.305 e. The molecule has 88 valence electrons. The van der Waals surface area contributed by atoms with Crippen LogP contribution in [0.1, 0.15) is 40.5 Å². The number of hydrogen-bond acceptors (Lipinski definition) is 2. The highest BCUT2D eigenvalue weighted by Gasteiger charge is 2.06. The van der Waals surface area contributed by atoms with Gasteiger partial charge in [0.1, 0.15) is 0 Å². The molecule has 0 spiro atoms. The molecule has 0 aliphatic carbocycles. The van der Waals surface area contributed by atoms with E-state index >= 15 is 0 Å². The number of rotatable bonds is 0. The highest BCUT2D eigenvalue weighted by Crippen LogP contribution is 1.96. The van der Waals surface area contributed by atoms with E-state index in [2.05, 4.69) is 37.7 Å². The Morgan fingerprint density at radius 1 is 0.786 bits per heavy atom. The highest BCUT2D eigenvalue weighted by molar-refractivity contribution is 4.62. The predicted octanol–water partition coefficient (Wildman–Crippen LogP) is 2.70. The largest absolute Gasteiger partial charge is 0.305 e. The number of likely N-dealkylation sites (N-methyl/N-ethyl adjacent to an activating group) is 2. The van der Waals surface area contributed by atoms with Gasteiger partial charge in [-0.25, -0.2) is 0 Å². The minimum absolute atomic E-state index is 1.23. The third kappa shape index (κ3) is 11.9. The molecule has 0 N–H and O–H groups in total. The van der Waals surface area contributed by atoms with Gasteiger partial charge in [0.2, 0.25) is 0 Å². The molecule has 0 saturated carbocycles. The van der Waals surface area contributed by atoms with Crippen LogP contribution < -0.4 is 0 Å². The highest BCUT2D eigenvalue weighted by atomic mass is 15.2. The van der Waals surface area contributed by atoms with E-state index < -0.39 is 0 Å². The van der Waals surface area contributed by atoms with Crippen molar-refractivity contribution in [3.63, 3.8) is 0 Å². The zero-order valence-electron chi connectivity index (χ0n) is 11.1. The molecule has 2 nitrogen and oxygen atoms in total. The average Bonchev–Trinajstić information content (AvgIpc) is 2.36. The molecular weight excluding hydrogens is 172 g/mol. The van der Waals surface area contributed by atoms with E-state index in [9.17, 15) is 0 Å². The van der Waals surface area contributed by atoms with Crippen molar-refractivity contribution in [2.24, 2.45) is 0 Å². The minimum atomic E-state index is 1.23. The van der Waals surface area contributed by atoms with Crippen molar-refractivity contribution in [2.45, 2.75) is 40.5 Å². The zero-order valence-corrected chi connectivity index (χ0v) is 11.1. The maximum Gasteiger partial charge on any atom is 0.0106 e. The van der Waals surface area contributed by atoms with Crippen LogP contribution in [0.4, 0.5) is 0 Å². The summed E-state index contributed by atoms with van der Waals surface area (Å²) in [6.07, 6.45) is 2.58. The van der Waals surface area contributed by atoms with Crippen LogP contribution in [0, 0.1) is 0 Å². The first kappa shape index (κ1) is 16.4. The van der Waals surface area contributed by atoms with E-state index in [1.165, 1.54) is 39.0 Å².